The third-order valence-electron chi connectivity index (χ3n) is 5.81. The van der Waals surface area contributed by atoms with Gasteiger partial charge in [-0.2, -0.15) is 13.2 Å². The van der Waals surface area contributed by atoms with E-state index in [9.17, 15) is 18.0 Å². The minimum Gasteiger partial charge on any atom is -0.381 e. The number of halogens is 3. The predicted molar refractivity (Wildman–Crippen MR) is 124 cm³/mol. The summed E-state index contributed by atoms with van der Waals surface area (Å²) in [4.78, 5) is 23.2. The van der Waals surface area contributed by atoms with Gasteiger partial charge in [0.25, 0.3) is 0 Å². The molecule has 0 bridgehead atoms. The smallest absolute Gasteiger partial charge is 0.381 e. The molecule has 0 unspecified atom stereocenters. The van der Waals surface area contributed by atoms with E-state index in [0.29, 0.717) is 42.5 Å². The highest BCUT2D eigenvalue weighted by Gasteiger charge is 2.43. The maximum absolute atomic E-state index is 13.4. The van der Waals surface area contributed by atoms with Gasteiger partial charge >= 0.3 is 6.18 Å². The van der Waals surface area contributed by atoms with Crippen molar-refractivity contribution >= 4 is 23.4 Å². The molecule has 1 aromatic heterocycles. The minimum atomic E-state index is -4.48. The van der Waals surface area contributed by atoms with Crippen LogP contribution in [0.15, 0.2) is 64.6 Å². The Labute approximate surface area is 200 Å². The third-order valence-corrected chi connectivity index (χ3v) is 6.68. The van der Waals surface area contributed by atoms with Gasteiger partial charge in [-0.05, 0) is 80.4 Å². The van der Waals surface area contributed by atoms with Crippen LogP contribution in [0.4, 0.5) is 18.9 Å². The molecule has 1 amide bonds. The van der Waals surface area contributed by atoms with Gasteiger partial charge in [0.2, 0.25) is 5.91 Å². The van der Waals surface area contributed by atoms with Gasteiger partial charge in [0.05, 0.1) is 11.0 Å². The van der Waals surface area contributed by atoms with E-state index < -0.39 is 17.2 Å². The topological polar surface area (TPSA) is 64.1 Å². The molecule has 1 N–H and O–H groups in total. The molecule has 0 saturated carbocycles. The Morgan fingerprint density at radius 2 is 1.65 bits per heavy atom. The van der Waals surface area contributed by atoms with Crippen molar-refractivity contribution in [3.8, 4) is 0 Å². The number of carbonyl (C=O) groups is 1. The maximum atomic E-state index is 13.4. The van der Waals surface area contributed by atoms with Crippen LogP contribution >= 0.6 is 11.8 Å². The van der Waals surface area contributed by atoms with Crippen molar-refractivity contribution in [3.05, 3.63) is 77.1 Å². The van der Waals surface area contributed by atoms with Gasteiger partial charge in [-0.3, -0.25) is 4.79 Å². The first-order valence-corrected chi connectivity index (χ1v) is 11.6. The fourth-order valence-corrected chi connectivity index (χ4v) is 4.92. The fourth-order valence-electron chi connectivity index (χ4n) is 4.06. The average molecular weight is 488 g/mol. The van der Waals surface area contributed by atoms with E-state index in [0.717, 1.165) is 28.4 Å². The second-order valence-corrected chi connectivity index (χ2v) is 9.33. The molecule has 1 fully saturated rings. The maximum Gasteiger partial charge on any atom is 0.416 e. The molecular formula is C25H24F3N3O2S. The zero-order valence-electron chi connectivity index (χ0n) is 18.8. The first-order valence-electron chi connectivity index (χ1n) is 10.8. The zero-order chi connectivity index (χ0) is 24.3. The van der Waals surface area contributed by atoms with Crippen LogP contribution in [0.5, 0.6) is 0 Å². The van der Waals surface area contributed by atoms with Crippen LogP contribution in [-0.4, -0.2) is 29.1 Å². The Hall–Kier alpha value is -2.91. The Morgan fingerprint density at radius 1 is 1.00 bits per heavy atom. The number of anilines is 1. The normalized spacial score (nSPS) is 15.7. The summed E-state index contributed by atoms with van der Waals surface area (Å²) in [5.74, 6) is -0.340. The van der Waals surface area contributed by atoms with Crippen molar-refractivity contribution < 1.29 is 22.7 Å². The zero-order valence-corrected chi connectivity index (χ0v) is 19.6. The summed E-state index contributed by atoms with van der Waals surface area (Å²) in [6.07, 6.45) is -3.87. The van der Waals surface area contributed by atoms with Gasteiger partial charge in [0.1, 0.15) is 0 Å². The molecule has 34 heavy (non-hydrogen) atoms. The van der Waals surface area contributed by atoms with Gasteiger partial charge in [-0.15, -0.1) is 0 Å². The number of aromatic nitrogens is 2. The number of rotatable bonds is 5. The molecule has 1 aliphatic rings. The molecule has 1 aliphatic heterocycles. The van der Waals surface area contributed by atoms with Gasteiger partial charge in [-0.25, -0.2) is 9.97 Å². The lowest BCUT2D eigenvalue weighted by atomic mass is 9.73. The number of carbonyl (C=O) groups excluding carboxylic acids is 1. The highest BCUT2D eigenvalue weighted by molar-refractivity contribution is 7.99. The van der Waals surface area contributed by atoms with Crippen LogP contribution < -0.4 is 5.32 Å². The highest BCUT2D eigenvalue weighted by atomic mass is 32.2. The van der Waals surface area contributed by atoms with Crippen LogP contribution in [0.25, 0.3) is 0 Å². The van der Waals surface area contributed by atoms with Gasteiger partial charge < -0.3 is 10.1 Å². The number of hydrogen-bond donors (Lipinski definition) is 1. The van der Waals surface area contributed by atoms with E-state index in [1.165, 1.54) is 17.8 Å². The van der Waals surface area contributed by atoms with Crippen LogP contribution in [-0.2, 0) is 21.1 Å². The second-order valence-electron chi connectivity index (χ2n) is 8.29. The number of nitrogens with zero attached hydrogens (tertiary/aromatic N) is 2. The average Bonchev–Trinajstić information content (AvgIpc) is 2.79. The Balaban J connectivity index is 1.54. The minimum absolute atomic E-state index is 0.301. The highest BCUT2D eigenvalue weighted by Crippen LogP contribution is 2.39. The van der Waals surface area contributed by atoms with Gasteiger partial charge in [0.15, 0.2) is 5.16 Å². The van der Waals surface area contributed by atoms with Crippen molar-refractivity contribution in [1.29, 1.82) is 0 Å². The monoisotopic (exact) mass is 487 g/mol. The summed E-state index contributed by atoms with van der Waals surface area (Å²) >= 11 is 1.41. The first-order chi connectivity index (χ1) is 16.2. The summed E-state index contributed by atoms with van der Waals surface area (Å²) < 4.78 is 45.3. The molecule has 2 heterocycles. The van der Waals surface area contributed by atoms with E-state index in [1.807, 2.05) is 32.0 Å². The van der Waals surface area contributed by atoms with E-state index >= 15 is 0 Å². The number of aryl methyl sites for hydroxylation is 2. The van der Waals surface area contributed by atoms with E-state index in [2.05, 4.69) is 15.3 Å². The lowest BCUT2D eigenvalue weighted by molar-refractivity contribution is -0.138. The molecule has 5 nitrogen and oxygen atoms in total. The second kappa shape index (κ2) is 9.76. The van der Waals surface area contributed by atoms with E-state index in [4.69, 9.17) is 4.74 Å². The number of amides is 1. The lowest BCUT2D eigenvalue weighted by Crippen LogP contribution is -2.45. The predicted octanol–water partition coefficient (Wildman–Crippen LogP) is 5.95. The summed E-state index contributed by atoms with van der Waals surface area (Å²) in [7, 11) is 0. The molecule has 4 rings (SSSR count). The molecule has 178 valence electrons. The van der Waals surface area contributed by atoms with Crippen LogP contribution in [0.2, 0.25) is 0 Å². The number of hydrogen-bond acceptors (Lipinski definition) is 5. The van der Waals surface area contributed by atoms with Gasteiger partial charge in [0, 0.05) is 35.2 Å². The molecular weight excluding hydrogens is 463 g/mol. The molecule has 3 aromatic rings. The Kier molecular flexibility index (Phi) is 6.95. The number of alkyl halides is 3. The third kappa shape index (κ3) is 5.42. The summed E-state index contributed by atoms with van der Waals surface area (Å²) in [6.45, 7) is 4.42. The van der Waals surface area contributed by atoms with Crippen molar-refractivity contribution in [2.24, 2.45) is 0 Å². The largest absolute Gasteiger partial charge is 0.416 e. The quantitative estimate of drug-likeness (QED) is 0.451. The number of nitrogens with one attached hydrogen (secondary N) is 1. The van der Waals surface area contributed by atoms with E-state index in [1.54, 1.807) is 18.2 Å². The van der Waals surface area contributed by atoms with E-state index in [-0.39, 0.29) is 5.91 Å². The van der Waals surface area contributed by atoms with Crippen LogP contribution in [0, 0.1) is 13.8 Å². The number of ether oxygens (including phenoxy) is 1. The molecule has 0 spiro atoms. The Morgan fingerprint density at radius 3 is 2.26 bits per heavy atom. The van der Waals surface area contributed by atoms with Crippen LogP contribution in [0.1, 0.15) is 35.4 Å². The standard InChI is InChI=1S/C25H24F3N3O2S/c1-16-14-17(2)30-23(29-16)34-21-8-6-20(7-9-21)31-22(32)24(10-12-33-13-11-24)18-4-3-5-19(15-18)25(26,27)28/h3-9,14-15H,10-13H2,1-2H3,(H,31,32). The molecule has 9 heteroatoms. The summed E-state index contributed by atoms with van der Waals surface area (Å²) in [5, 5.41) is 3.54. The number of benzene rings is 2. The van der Waals surface area contributed by atoms with Crippen molar-refractivity contribution in [3.63, 3.8) is 0 Å². The molecule has 0 atom stereocenters. The first kappa shape index (κ1) is 24.2. The molecule has 0 aliphatic carbocycles. The van der Waals surface area contributed by atoms with Crippen molar-refractivity contribution in [1.82, 2.24) is 9.97 Å². The summed E-state index contributed by atoms with van der Waals surface area (Å²) in [6, 6.07) is 14.2. The SMILES string of the molecule is Cc1cc(C)nc(Sc2ccc(NC(=O)C3(c4cccc(C(F)(F)F)c4)CCOCC3)cc2)n1. The van der Waals surface area contributed by atoms with Gasteiger partial charge in [-0.1, -0.05) is 18.2 Å². The summed E-state index contributed by atoms with van der Waals surface area (Å²) in [5.41, 5.74) is 0.819. The lowest BCUT2D eigenvalue weighted by Gasteiger charge is -2.36. The fraction of sp³-hybridized carbons (Fsp3) is 0.320. The molecule has 0 radical (unpaired) electrons. The Bertz CT molecular complexity index is 1160. The molecule has 2 aromatic carbocycles. The van der Waals surface area contributed by atoms with Crippen molar-refractivity contribution in [2.75, 3.05) is 18.5 Å². The van der Waals surface area contributed by atoms with Crippen molar-refractivity contribution in [2.45, 2.75) is 48.3 Å². The van der Waals surface area contributed by atoms with Crippen LogP contribution in [0.3, 0.4) is 0 Å². The molecule has 1 saturated heterocycles.